The zero-order chi connectivity index (χ0) is 32.8. The number of hydrogen-bond acceptors (Lipinski definition) is 4. The van der Waals surface area contributed by atoms with Gasteiger partial charge in [0, 0.05) is 28.0 Å². The molecule has 4 aromatic rings. The fraction of sp³-hybridized carbons (Fsp3) is 0.257. The van der Waals surface area contributed by atoms with Crippen molar-refractivity contribution in [3.8, 4) is 0 Å². The Hall–Kier alpha value is -3.66. The molecule has 10 heteroatoms. The zero-order valence-electron chi connectivity index (χ0n) is 25.7. The molecular weight excluding hydrogens is 674 g/mol. The number of carbonyl (C=O) groups excluding carboxylic acids is 2. The molecule has 45 heavy (non-hydrogen) atoms. The number of amides is 2. The molecule has 0 radical (unpaired) electrons. The Morgan fingerprint density at radius 1 is 0.867 bits per heavy atom. The topological polar surface area (TPSA) is 86.8 Å². The van der Waals surface area contributed by atoms with Gasteiger partial charge >= 0.3 is 0 Å². The molecule has 0 aliphatic carbocycles. The number of rotatable bonds is 11. The average Bonchev–Trinajstić information content (AvgIpc) is 2.99. The van der Waals surface area contributed by atoms with Crippen LogP contribution in [0.15, 0.2) is 112 Å². The van der Waals surface area contributed by atoms with E-state index >= 15 is 0 Å². The summed E-state index contributed by atoms with van der Waals surface area (Å²) >= 11 is 9.95. The second kappa shape index (κ2) is 14.6. The van der Waals surface area contributed by atoms with Gasteiger partial charge < -0.3 is 10.2 Å². The Labute approximate surface area is 279 Å². The monoisotopic (exact) mass is 709 g/mol. The second-order valence-electron chi connectivity index (χ2n) is 11.8. The van der Waals surface area contributed by atoms with Crippen molar-refractivity contribution in [3.63, 3.8) is 0 Å². The van der Waals surface area contributed by atoms with Gasteiger partial charge in [-0.25, -0.2) is 8.42 Å². The predicted molar refractivity (Wildman–Crippen MR) is 184 cm³/mol. The van der Waals surface area contributed by atoms with Crippen molar-refractivity contribution in [2.24, 2.45) is 0 Å². The molecule has 2 amide bonds. The summed E-state index contributed by atoms with van der Waals surface area (Å²) in [4.78, 5) is 30.1. The summed E-state index contributed by atoms with van der Waals surface area (Å²) in [5.74, 6) is -0.884. The van der Waals surface area contributed by atoms with E-state index < -0.39 is 34.1 Å². The first kappa shape index (κ1) is 34.2. The first-order valence-corrected chi connectivity index (χ1v) is 17.1. The molecule has 1 N–H and O–H groups in total. The molecule has 0 saturated carbocycles. The first-order valence-electron chi connectivity index (χ1n) is 14.5. The summed E-state index contributed by atoms with van der Waals surface area (Å²) in [6, 6.07) is 28.9. The van der Waals surface area contributed by atoms with Gasteiger partial charge in [-0.05, 0) is 80.8 Å². The molecule has 0 heterocycles. The molecule has 0 aliphatic heterocycles. The molecular formula is C35H37BrClN3O4S. The van der Waals surface area contributed by atoms with E-state index in [0.717, 1.165) is 19.9 Å². The molecule has 0 fully saturated rings. The SMILES string of the molecule is Cc1c(Cl)cccc1N(CC(=O)N(Cc1cccc(Br)c1)[C@H](Cc1ccccc1)C(=O)NC(C)(C)C)S(=O)(=O)c1ccccc1. The van der Waals surface area contributed by atoms with Crippen molar-refractivity contribution < 1.29 is 18.0 Å². The fourth-order valence-electron chi connectivity index (χ4n) is 4.94. The lowest BCUT2D eigenvalue weighted by atomic mass is 10.0. The third-order valence-electron chi connectivity index (χ3n) is 7.13. The molecule has 0 aromatic heterocycles. The number of hydrogen-bond donors (Lipinski definition) is 1. The number of halogens is 2. The smallest absolute Gasteiger partial charge is 0.264 e. The maximum Gasteiger partial charge on any atom is 0.264 e. The van der Waals surface area contributed by atoms with Crippen LogP contribution in [0.1, 0.15) is 37.5 Å². The van der Waals surface area contributed by atoms with E-state index in [2.05, 4.69) is 21.2 Å². The quantitative estimate of drug-likeness (QED) is 0.179. The lowest BCUT2D eigenvalue weighted by Gasteiger charge is -2.35. The summed E-state index contributed by atoms with van der Waals surface area (Å²) in [5.41, 5.74) is 1.85. The third kappa shape index (κ3) is 8.96. The van der Waals surface area contributed by atoms with Gasteiger partial charge in [0.25, 0.3) is 10.0 Å². The minimum Gasteiger partial charge on any atom is -0.350 e. The van der Waals surface area contributed by atoms with Crippen molar-refractivity contribution in [3.05, 3.63) is 129 Å². The summed E-state index contributed by atoms with van der Waals surface area (Å²) in [5, 5.41) is 3.40. The molecule has 7 nitrogen and oxygen atoms in total. The maximum absolute atomic E-state index is 14.6. The van der Waals surface area contributed by atoms with E-state index in [-0.39, 0.29) is 29.5 Å². The lowest BCUT2D eigenvalue weighted by molar-refractivity contribution is -0.140. The number of benzene rings is 4. The van der Waals surface area contributed by atoms with Gasteiger partial charge in [-0.3, -0.25) is 13.9 Å². The number of nitrogens with zero attached hydrogens (tertiary/aromatic N) is 2. The maximum atomic E-state index is 14.6. The van der Waals surface area contributed by atoms with Crippen molar-refractivity contribution in [2.45, 2.75) is 57.1 Å². The Bertz CT molecular complexity index is 1750. The highest BCUT2D eigenvalue weighted by Crippen LogP contribution is 2.31. The summed E-state index contributed by atoms with van der Waals surface area (Å²) in [6.07, 6.45) is 0.226. The Morgan fingerprint density at radius 3 is 2.09 bits per heavy atom. The Kier molecular flexibility index (Phi) is 11.1. The largest absolute Gasteiger partial charge is 0.350 e. The molecule has 1 atom stereocenters. The lowest BCUT2D eigenvalue weighted by Crippen LogP contribution is -2.56. The van der Waals surface area contributed by atoms with E-state index in [1.54, 1.807) is 43.3 Å². The molecule has 0 bridgehead atoms. The number of nitrogens with one attached hydrogen (secondary N) is 1. The highest BCUT2D eigenvalue weighted by Gasteiger charge is 2.36. The van der Waals surface area contributed by atoms with Crippen LogP contribution in [0.2, 0.25) is 5.02 Å². The third-order valence-corrected chi connectivity index (χ3v) is 9.81. The molecule has 0 unspecified atom stereocenters. The normalized spacial score (nSPS) is 12.3. The van der Waals surface area contributed by atoms with Gasteiger partial charge in [-0.1, -0.05) is 94.3 Å². The van der Waals surface area contributed by atoms with Crippen molar-refractivity contribution >= 4 is 55.1 Å². The van der Waals surface area contributed by atoms with Gasteiger partial charge in [0.05, 0.1) is 10.6 Å². The van der Waals surface area contributed by atoms with Crippen LogP contribution in [0.4, 0.5) is 5.69 Å². The van der Waals surface area contributed by atoms with Crippen molar-refractivity contribution in [2.75, 3.05) is 10.8 Å². The molecule has 0 aliphatic rings. The van der Waals surface area contributed by atoms with Gasteiger partial charge in [0.2, 0.25) is 11.8 Å². The molecule has 236 valence electrons. The predicted octanol–water partition coefficient (Wildman–Crippen LogP) is 7.16. The highest BCUT2D eigenvalue weighted by atomic mass is 79.9. The van der Waals surface area contributed by atoms with Crippen LogP contribution in [0.3, 0.4) is 0 Å². The summed E-state index contributed by atoms with van der Waals surface area (Å²) in [7, 11) is -4.22. The number of sulfonamides is 1. The molecule has 4 aromatic carbocycles. The van der Waals surface area contributed by atoms with Gasteiger partial charge in [0.15, 0.2) is 0 Å². The van der Waals surface area contributed by atoms with Crippen molar-refractivity contribution in [1.29, 1.82) is 0 Å². The van der Waals surface area contributed by atoms with Crippen LogP contribution < -0.4 is 9.62 Å². The Balaban J connectivity index is 1.84. The van der Waals surface area contributed by atoms with E-state index in [1.807, 2.05) is 75.4 Å². The summed E-state index contributed by atoms with van der Waals surface area (Å²) < 4.78 is 30.2. The van der Waals surface area contributed by atoms with E-state index in [4.69, 9.17) is 11.6 Å². The number of anilines is 1. The molecule has 4 rings (SSSR count). The van der Waals surface area contributed by atoms with E-state index in [1.165, 1.54) is 17.0 Å². The first-order chi connectivity index (χ1) is 21.3. The molecule has 0 saturated heterocycles. The van der Waals surface area contributed by atoms with Crippen LogP contribution in [0, 0.1) is 6.92 Å². The van der Waals surface area contributed by atoms with Crippen LogP contribution in [0.5, 0.6) is 0 Å². The molecule has 0 spiro atoms. The Morgan fingerprint density at radius 2 is 1.47 bits per heavy atom. The number of carbonyl (C=O) groups is 2. The van der Waals surface area contributed by atoms with Gasteiger partial charge in [0.1, 0.15) is 12.6 Å². The standard InChI is InChI=1S/C35H37BrClN3O4S/c1-25-30(37)19-12-20-31(25)40(45(43,44)29-17-9-6-10-18-29)24-33(41)39(23-27-15-11-16-28(36)21-27)32(34(42)38-35(2,3)4)22-26-13-7-5-8-14-26/h5-21,32H,22-24H2,1-4H3,(H,38,42)/t32-/m1/s1. The van der Waals surface area contributed by atoms with Crippen LogP contribution in [-0.2, 0) is 32.6 Å². The van der Waals surface area contributed by atoms with Crippen LogP contribution >= 0.6 is 27.5 Å². The van der Waals surface area contributed by atoms with Gasteiger partial charge in [-0.15, -0.1) is 0 Å². The summed E-state index contributed by atoms with van der Waals surface area (Å²) in [6.45, 7) is 6.86. The van der Waals surface area contributed by atoms with Crippen LogP contribution in [-0.4, -0.2) is 43.3 Å². The fourth-order valence-corrected chi connectivity index (χ4v) is 7.05. The van der Waals surface area contributed by atoms with E-state index in [9.17, 15) is 18.0 Å². The minimum atomic E-state index is -4.22. The van der Waals surface area contributed by atoms with E-state index in [0.29, 0.717) is 10.6 Å². The zero-order valence-corrected chi connectivity index (χ0v) is 28.9. The second-order valence-corrected chi connectivity index (χ2v) is 15.0. The van der Waals surface area contributed by atoms with Crippen LogP contribution in [0.25, 0.3) is 0 Å². The van der Waals surface area contributed by atoms with Crippen molar-refractivity contribution in [1.82, 2.24) is 10.2 Å². The average molecular weight is 711 g/mol. The highest BCUT2D eigenvalue weighted by molar-refractivity contribution is 9.10. The van der Waals surface area contributed by atoms with Gasteiger partial charge in [-0.2, -0.15) is 0 Å². The minimum absolute atomic E-state index is 0.0297.